The summed E-state index contributed by atoms with van der Waals surface area (Å²) < 4.78 is 5.55. The first-order chi connectivity index (χ1) is 7.56. The van der Waals surface area contributed by atoms with Crippen LogP contribution in [0.25, 0.3) is 0 Å². The lowest BCUT2D eigenvalue weighted by Crippen LogP contribution is -2.50. The average Bonchev–Trinajstić information content (AvgIpc) is 2.28. The second kappa shape index (κ2) is 6.21. The van der Waals surface area contributed by atoms with Crippen LogP contribution in [0.3, 0.4) is 0 Å². The maximum atomic E-state index is 12.0. The Hall–Kier alpha value is -0.610. The summed E-state index contributed by atoms with van der Waals surface area (Å²) in [6.07, 6.45) is 2.19. The number of likely N-dealkylation sites (tertiary alicyclic amines) is 1. The van der Waals surface area contributed by atoms with Crippen molar-refractivity contribution in [2.75, 3.05) is 19.7 Å². The number of ether oxygens (including phenoxy) is 1. The minimum atomic E-state index is -0.358. The first-order valence-corrected chi connectivity index (χ1v) is 6.22. The molecule has 2 N–H and O–H groups in total. The summed E-state index contributed by atoms with van der Waals surface area (Å²) in [7, 11) is 0. The number of carbonyl (C=O) groups is 1. The van der Waals surface area contributed by atoms with E-state index >= 15 is 0 Å². The highest BCUT2D eigenvalue weighted by Gasteiger charge is 2.27. The van der Waals surface area contributed by atoms with E-state index < -0.39 is 0 Å². The van der Waals surface area contributed by atoms with Crippen molar-refractivity contribution in [3.63, 3.8) is 0 Å². The SMILES string of the molecule is CCOC1CCN(C(=O)[C@@H](N)C(C)C)CC1. The van der Waals surface area contributed by atoms with E-state index in [2.05, 4.69) is 0 Å². The number of amides is 1. The van der Waals surface area contributed by atoms with Gasteiger partial charge in [-0.05, 0) is 25.7 Å². The Labute approximate surface area is 98.1 Å². The quantitative estimate of drug-likeness (QED) is 0.781. The molecular weight excluding hydrogens is 204 g/mol. The Kier molecular flexibility index (Phi) is 5.22. The molecule has 0 bridgehead atoms. The fourth-order valence-corrected chi connectivity index (χ4v) is 1.97. The highest BCUT2D eigenvalue weighted by atomic mass is 16.5. The Bertz CT molecular complexity index is 223. The van der Waals surface area contributed by atoms with Gasteiger partial charge in [-0.1, -0.05) is 13.8 Å². The molecule has 1 fully saturated rings. The monoisotopic (exact) mass is 228 g/mol. The van der Waals surface area contributed by atoms with Crippen molar-refractivity contribution in [1.82, 2.24) is 4.90 Å². The van der Waals surface area contributed by atoms with Crippen LogP contribution in [0, 0.1) is 5.92 Å². The van der Waals surface area contributed by atoms with Crippen molar-refractivity contribution in [1.29, 1.82) is 0 Å². The van der Waals surface area contributed by atoms with Crippen LogP contribution >= 0.6 is 0 Å². The molecule has 0 unspecified atom stereocenters. The molecule has 16 heavy (non-hydrogen) atoms. The molecule has 4 heteroatoms. The molecule has 0 saturated carbocycles. The lowest BCUT2D eigenvalue weighted by molar-refractivity contribution is -0.136. The summed E-state index contributed by atoms with van der Waals surface area (Å²) in [6.45, 7) is 8.29. The Balaban J connectivity index is 2.38. The third-order valence-corrected chi connectivity index (χ3v) is 3.16. The van der Waals surface area contributed by atoms with Crippen LogP contribution in [0.15, 0.2) is 0 Å². The molecule has 0 aromatic carbocycles. The minimum absolute atomic E-state index is 0.0879. The highest BCUT2D eigenvalue weighted by Crippen LogP contribution is 2.15. The summed E-state index contributed by atoms with van der Waals surface area (Å²) in [6, 6.07) is -0.358. The van der Waals surface area contributed by atoms with Gasteiger partial charge in [0.1, 0.15) is 0 Å². The van der Waals surface area contributed by atoms with Crippen LogP contribution in [0.2, 0.25) is 0 Å². The van der Waals surface area contributed by atoms with Crippen LogP contribution < -0.4 is 5.73 Å². The van der Waals surface area contributed by atoms with Gasteiger partial charge in [0.05, 0.1) is 12.1 Å². The van der Waals surface area contributed by atoms with E-state index in [1.807, 2.05) is 25.7 Å². The highest BCUT2D eigenvalue weighted by molar-refractivity contribution is 5.82. The molecule has 0 spiro atoms. The van der Waals surface area contributed by atoms with Crippen molar-refractivity contribution in [2.24, 2.45) is 11.7 Å². The topological polar surface area (TPSA) is 55.6 Å². The second-order valence-corrected chi connectivity index (χ2v) is 4.75. The van der Waals surface area contributed by atoms with Gasteiger partial charge in [0.15, 0.2) is 0 Å². The molecule has 1 aliphatic heterocycles. The first-order valence-electron chi connectivity index (χ1n) is 6.22. The van der Waals surface area contributed by atoms with Crippen molar-refractivity contribution < 1.29 is 9.53 Å². The third-order valence-electron chi connectivity index (χ3n) is 3.16. The molecule has 1 atom stereocenters. The summed E-state index contributed by atoms with van der Waals surface area (Å²) in [4.78, 5) is 13.8. The van der Waals surface area contributed by atoms with Crippen LogP contribution in [0.4, 0.5) is 0 Å². The molecule has 0 aliphatic carbocycles. The second-order valence-electron chi connectivity index (χ2n) is 4.75. The number of hydrogen-bond donors (Lipinski definition) is 1. The molecule has 1 heterocycles. The number of piperidine rings is 1. The van der Waals surface area contributed by atoms with Crippen LogP contribution in [0.5, 0.6) is 0 Å². The number of rotatable bonds is 4. The summed E-state index contributed by atoms with van der Waals surface area (Å²) in [5, 5.41) is 0. The zero-order valence-electron chi connectivity index (χ0n) is 10.6. The van der Waals surface area contributed by atoms with E-state index in [-0.39, 0.29) is 17.9 Å². The predicted octanol–water partition coefficient (Wildman–Crippen LogP) is 0.997. The molecule has 1 saturated heterocycles. The number of hydrogen-bond acceptors (Lipinski definition) is 3. The molecular formula is C12H24N2O2. The van der Waals surface area contributed by atoms with Crippen molar-refractivity contribution in [2.45, 2.75) is 45.8 Å². The molecule has 1 rings (SSSR count). The first kappa shape index (κ1) is 13.5. The zero-order valence-corrected chi connectivity index (χ0v) is 10.6. The number of nitrogens with zero attached hydrogens (tertiary/aromatic N) is 1. The Morgan fingerprint density at radius 2 is 2.00 bits per heavy atom. The third kappa shape index (κ3) is 3.46. The van der Waals surface area contributed by atoms with Crippen molar-refractivity contribution in [3.05, 3.63) is 0 Å². The summed E-state index contributed by atoms with van der Waals surface area (Å²) in [5.41, 5.74) is 5.86. The maximum Gasteiger partial charge on any atom is 0.239 e. The van der Waals surface area contributed by atoms with E-state index in [4.69, 9.17) is 10.5 Å². The average molecular weight is 228 g/mol. The lowest BCUT2D eigenvalue weighted by atomic mass is 10.0. The normalized spacial score (nSPS) is 20.2. The number of nitrogens with two attached hydrogens (primary N) is 1. The Morgan fingerprint density at radius 1 is 1.44 bits per heavy atom. The fourth-order valence-electron chi connectivity index (χ4n) is 1.97. The van der Waals surface area contributed by atoms with E-state index in [1.54, 1.807) is 0 Å². The van der Waals surface area contributed by atoms with Gasteiger partial charge < -0.3 is 15.4 Å². The van der Waals surface area contributed by atoms with Gasteiger partial charge in [0, 0.05) is 19.7 Å². The maximum absolute atomic E-state index is 12.0. The van der Waals surface area contributed by atoms with Gasteiger partial charge in [-0.25, -0.2) is 0 Å². The summed E-state index contributed by atoms with van der Waals surface area (Å²) in [5.74, 6) is 0.294. The molecule has 1 amide bonds. The van der Waals surface area contributed by atoms with Crippen LogP contribution in [0.1, 0.15) is 33.6 Å². The standard InChI is InChI=1S/C12H24N2O2/c1-4-16-10-5-7-14(8-6-10)12(15)11(13)9(2)3/h9-11H,4-8,13H2,1-3H3/t11-/m0/s1. The summed E-state index contributed by atoms with van der Waals surface area (Å²) >= 11 is 0. The van der Waals surface area contributed by atoms with E-state index in [0.29, 0.717) is 6.10 Å². The predicted molar refractivity (Wildman–Crippen MR) is 64.0 cm³/mol. The van der Waals surface area contributed by atoms with Gasteiger partial charge in [0.2, 0.25) is 5.91 Å². The lowest BCUT2D eigenvalue weighted by Gasteiger charge is -2.34. The minimum Gasteiger partial charge on any atom is -0.378 e. The van der Waals surface area contributed by atoms with Gasteiger partial charge in [-0.2, -0.15) is 0 Å². The molecule has 4 nitrogen and oxygen atoms in total. The van der Waals surface area contributed by atoms with Crippen LogP contribution in [-0.4, -0.2) is 42.6 Å². The van der Waals surface area contributed by atoms with E-state index in [9.17, 15) is 4.79 Å². The largest absolute Gasteiger partial charge is 0.378 e. The molecule has 0 aromatic rings. The van der Waals surface area contributed by atoms with Gasteiger partial charge >= 0.3 is 0 Å². The van der Waals surface area contributed by atoms with E-state index in [0.717, 1.165) is 32.5 Å². The molecule has 0 radical (unpaired) electrons. The molecule has 1 aliphatic rings. The van der Waals surface area contributed by atoms with Crippen molar-refractivity contribution >= 4 is 5.91 Å². The van der Waals surface area contributed by atoms with Crippen LogP contribution in [-0.2, 0) is 9.53 Å². The molecule has 0 aromatic heterocycles. The Morgan fingerprint density at radius 3 is 2.44 bits per heavy atom. The van der Waals surface area contributed by atoms with E-state index in [1.165, 1.54) is 0 Å². The smallest absolute Gasteiger partial charge is 0.239 e. The van der Waals surface area contributed by atoms with Gasteiger partial charge in [-0.15, -0.1) is 0 Å². The number of carbonyl (C=O) groups excluding carboxylic acids is 1. The molecule has 94 valence electrons. The van der Waals surface area contributed by atoms with Gasteiger partial charge in [-0.3, -0.25) is 4.79 Å². The zero-order chi connectivity index (χ0) is 12.1. The van der Waals surface area contributed by atoms with Gasteiger partial charge in [0.25, 0.3) is 0 Å². The van der Waals surface area contributed by atoms with Crippen molar-refractivity contribution in [3.8, 4) is 0 Å². The fraction of sp³-hybridized carbons (Fsp3) is 0.917.